The fourth-order valence-corrected chi connectivity index (χ4v) is 5.23. The van der Waals surface area contributed by atoms with Crippen LogP contribution < -0.4 is 4.74 Å². The van der Waals surface area contributed by atoms with Crippen LogP contribution in [-0.2, 0) is 4.75 Å². The minimum atomic E-state index is -0.349. The first-order chi connectivity index (χ1) is 15.2. The number of hydrogen-bond acceptors (Lipinski definition) is 4. The van der Waals surface area contributed by atoms with Crippen LogP contribution in [0.1, 0.15) is 23.1 Å². The smallest absolute Gasteiger partial charge is 0.235 e. The number of rotatable bonds is 9. The Bertz CT molecular complexity index is 985. The average Bonchev–Trinajstić information content (AvgIpc) is 3.15. The van der Waals surface area contributed by atoms with Crippen molar-refractivity contribution < 1.29 is 14.9 Å². The quantitative estimate of drug-likeness (QED) is 0.227. The molecule has 3 aromatic carbocycles. The number of benzene rings is 3. The Morgan fingerprint density at radius 2 is 1.23 bits per heavy atom. The summed E-state index contributed by atoms with van der Waals surface area (Å²) < 4.78 is 5.29. The summed E-state index contributed by atoms with van der Waals surface area (Å²) in [6.07, 6.45) is 0.782. The van der Waals surface area contributed by atoms with Gasteiger partial charge in [0.15, 0.2) is 11.6 Å². The Balaban J connectivity index is 1.60. The van der Waals surface area contributed by atoms with E-state index in [2.05, 4.69) is 77.8 Å². The van der Waals surface area contributed by atoms with Crippen molar-refractivity contribution in [3.63, 3.8) is 0 Å². The molecule has 5 heteroatoms. The topological polar surface area (TPSA) is 65.5 Å². The molecule has 0 unspecified atom stereocenters. The van der Waals surface area contributed by atoms with Crippen LogP contribution >= 0.6 is 11.8 Å². The highest BCUT2D eigenvalue weighted by Crippen LogP contribution is 2.48. The van der Waals surface area contributed by atoms with Crippen molar-refractivity contribution in [1.29, 1.82) is 0 Å². The normalized spacial score (nSPS) is 11.4. The van der Waals surface area contributed by atoms with E-state index in [1.807, 2.05) is 30.0 Å². The molecule has 4 aromatic rings. The summed E-state index contributed by atoms with van der Waals surface area (Å²) >= 11 is 1.87. The van der Waals surface area contributed by atoms with E-state index in [-0.39, 0.29) is 22.3 Å². The molecule has 1 heterocycles. The average molecular weight is 432 g/mol. The van der Waals surface area contributed by atoms with E-state index < -0.39 is 0 Å². The van der Waals surface area contributed by atoms with E-state index in [1.165, 1.54) is 22.8 Å². The summed E-state index contributed by atoms with van der Waals surface area (Å²) in [5.74, 6) is 0.842. The van der Waals surface area contributed by atoms with Crippen molar-refractivity contribution in [1.82, 2.24) is 4.98 Å². The van der Waals surface area contributed by atoms with Crippen LogP contribution in [0, 0.1) is 0 Å². The van der Waals surface area contributed by atoms with Crippen molar-refractivity contribution in [3.05, 3.63) is 114 Å². The maximum atomic E-state index is 9.72. The molecule has 1 aromatic heterocycles. The predicted octanol–water partition coefficient (Wildman–Crippen LogP) is 5.92. The molecule has 31 heavy (non-hydrogen) atoms. The maximum absolute atomic E-state index is 9.72. The lowest BCUT2D eigenvalue weighted by molar-refractivity contribution is 0.299. The van der Waals surface area contributed by atoms with E-state index in [0.717, 1.165) is 12.2 Å². The van der Waals surface area contributed by atoms with Gasteiger partial charge in [-0.3, -0.25) is 4.98 Å². The fraction of sp³-hybridized carbons (Fsp3) is 0.154. The number of aromatic amines is 1. The molecule has 0 spiro atoms. The molecule has 0 saturated carbocycles. The predicted molar refractivity (Wildman–Crippen MR) is 126 cm³/mol. The van der Waals surface area contributed by atoms with Gasteiger partial charge in [0.2, 0.25) is 5.88 Å². The van der Waals surface area contributed by atoms with Crippen LogP contribution in [-0.4, -0.2) is 27.6 Å². The van der Waals surface area contributed by atoms with Crippen molar-refractivity contribution in [2.24, 2.45) is 0 Å². The lowest BCUT2D eigenvalue weighted by Crippen LogP contribution is -2.26. The third-order valence-corrected chi connectivity index (χ3v) is 6.79. The molecule has 0 aliphatic carbocycles. The molecule has 0 atom stereocenters. The Morgan fingerprint density at radius 3 is 1.65 bits per heavy atom. The van der Waals surface area contributed by atoms with E-state index >= 15 is 0 Å². The Hall–Kier alpha value is -3.31. The zero-order valence-electron chi connectivity index (χ0n) is 17.1. The van der Waals surface area contributed by atoms with Gasteiger partial charge in [-0.2, -0.15) is 0 Å². The number of nitrogens with one attached hydrogen (secondary N) is 1. The number of hydrogen-bond donors (Lipinski definition) is 3. The molecular weight excluding hydrogens is 406 g/mol. The highest BCUT2D eigenvalue weighted by atomic mass is 32.2. The molecule has 4 nitrogen and oxygen atoms in total. The molecule has 0 radical (unpaired) electrons. The molecule has 0 bridgehead atoms. The molecule has 0 aliphatic heterocycles. The molecule has 0 amide bonds. The second-order valence-electron chi connectivity index (χ2n) is 7.20. The number of aromatic hydroxyl groups is 2. The van der Waals surface area contributed by atoms with E-state index in [0.29, 0.717) is 6.61 Å². The Labute approximate surface area is 186 Å². The second kappa shape index (κ2) is 9.67. The minimum Gasteiger partial charge on any atom is -0.494 e. The van der Waals surface area contributed by atoms with Gasteiger partial charge in [-0.05, 0) is 28.9 Å². The summed E-state index contributed by atoms with van der Waals surface area (Å²) in [5, 5.41) is 19.1. The number of thioether (sulfide) groups is 1. The van der Waals surface area contributed by atoms with Crippen LogP contribution in [0.3, 0.4) is 0 Å². The van der Waals surface area contributed by atoms with Gasteiger partial charge in [-0.15, -0.1) is 11.8 Å². The largest absolute Gasteiger partial charge is 0.494 e. The first-order valence-electron chi connectivity index (χ1n) is 10.2. The maximum Gasteiger partial charge on any atom is 0.235 e. The Morgan fingerprint density at radius 1 is 0.742 bits per heavy atom. The van der Waals surface area contributed by atoms with Gasteiger partial charge >= 0.3 is 0 Å². The number of aromatic nitrogens is 1. The highest BCUT2D eigenvalue weighted by molar-refractivity contribution is 8.00. The van der Waals surface area contributed by atoms with E-state index in [4.69, 9.17) is 4.74 Å². The summed E-state index contributed by atoms with van der Waals surface area (Å²) in [7, 11) is 0. The van der Waals surface area contributed by atoms with Crippen LogP contribution in [0.4, 0.5) is 0 Å². The minimum absolute atomic E-state index is 0.113. The molecule has 0 fully saturated rings. The van der Waals surface area contributed by atoms with Crippen LogP contribution in [0.15, 0.2) is 97.1 Å². The molecule has 0 saturated heterocycles. The monoisotopic (exact) mass is 431 g/mol. The number of ether oxygens (including phenoxy) is 1. The third-order valence-electron chi connectivity index (χ3n) is 5.15. The van der Waals surface area contributed by atoms with Gasteiger partial charge < -0.3 is 14.9 Å². The highest BCUT2D eigenvalue weighted by Gasteiger charge is 2.36. The molecule has 0 aliphatic rings. The van der Waals surface area contributed by atoms with Crippen molar-refractivity contribution >= 4 is 11.8 Å². The van der Waals surface area contributed by atoms with Crippen molar-refractivity contribution in [2.45, 2.75) is 11.2 Å². The summed E-state index contributed by atoms with van der Waals surface area (Å²) in [6, 6.07) is 33.1. The fourth-order valence-electron chi connectivity index (χ4n) is 3.76. The van der Waals surface area contributed by atoms with E-state index in [9.17, 15) is 10.2 Å². The van der Waals surface area contributed by atoms with Crippen molar-refractivity contribution in [2.75, 3.05) is 12.4 Å². The Kier molecular flexibility index (Phi) is 6.53. The molecule has 158 valence electrons. The van der Waals surface area contributed by atoms with E-state index in [1.54, 1.807) is 0 Å². The lowest BCUT2D eigenvalue weighted by atomic mass is 9.84. The second-order valence-corrected chi connectivity index (χ2v) is 8.51. The third kappa shape index (κ3) is 4.57. The molecule has 4 rings (SSSR count). The summed E-state index contributed by atoms with van der Waals surface area (Å²) in [4.78, 5) is 2.42. The van der Waals surface area contributed by atoms with Crippen molar-refractivity contribution in [3.8, 4) is 17.5 Å². The summed E-state index contributed by atoms with van der Waals surface area (Å²) in [5.41, 5.74) is 3.68. The molecular formula is C26H25NO3S. The number of H-pyrrole nitrogens is 1. The molecule has 3 N–H and O–H groups in total. The van der Waals surface area contributed by atoms with Gasteiger partial charge in [0.05, 0.1) is 11.4 Å². The lowest BCUT2D eigenvalue weighted by Gasteiger charge is -2.35. The van der Waals surface area contributed by atoms with Gasteiger partial charge in [0.1, 0.15) is 0 Å². The van der Waals surface area contributed by atoms with Gasteiger partial charge in [-0.25, -0.2) is 0 Å². The van der Waals surface area contributed by atoms with Crippen LogP contribution in [0.2, 0.25) is 0 Å². The van der Waals surface area contributed by atoms with Gasteiger partial charge in [-0.1, -0.05) is 91.0 Å². The first kappa shape index (κ1) is 20.9. The zero-order valence-corrected chi connectivity index (χ0v) is 17.9. The summed E-state index contributed by atoms with van der Waals surface area (Å²) in [6.45, 7) is 0.437. The van der Waals surface area contributed by atoms with Gasteiger partial charge in [0, 0.05) is 6.07 Å². The SMILES string of the molecule is Oc1cc(OCCCSC(c2ccccc2)(c2ccccc2)c2ccccc2)c(O)[nH]1. The van der Waals surface area contributed by atoms with Gasteiger partial charge in [0.25, 0.3) is 0 Å². The first-order valence-corrected chi connectivity index (χ1v) is 11.2. The standard InChI is InChI=1S/C26H25NO3S/c28-24-19-23(25(29)27-24)30-17-10-18-31-26(20-11-4-1-5-12-20,21-13-6-2-7-14-21)22-15-8-3-9-16-22/h1-9,11-16,19,27-29H,10,17-18H2. The van der Waals surface area contributed by atoms with Crippen LogP contribution in [0.5, 0.6) is 17.5 Å². The zero-order chi connectivity index (χ0) is 21.5. The van der Waals surface area contributed by atoms with Crippen LogP contribution in [0.25, 0.3) is 0 Å².